The van der Waals surface area contributed by atoms with Gasteiger partial charge in [-0.25, -0.2) is 4.79 Å². The van der Waals surface area contributed by atoms with Crippen LogP contribution in [0.2, 0.25) is 0 Å². The van der Waals surface area contributed by atoms with Crippen LogP contribution in [0.15, 0.2) is 12.2 Å². The van der Waals surface area contributed by atoms with Crippen molar-refractivity contribution in [3.05, 3.63) is 12.2 Å². The van der Waals surface area contributed by atoms with Crippen LogP contribution in [0.25, 0.3) is 0 Å². The fraction of sp³-hybridized carbons (Fsp3) is 0.714. The first kappa shape index (κ1) is 16.7. The van der Waals surface area contributed by atoms with Gasteiger partial charge in [-0.3, -0.25) is 4.79 Å². The van der Waals surface area contributed by atoms with E-state index in [1.165, 1.54) is 0 Å². The molecule has 0 heterocycles. The average molecular weight is 255 g/mol. The quantitative estimate of drug-likeness (QED) is 0.622. The van der Waals surface area contributed by atoms with E-state index in [0.717, 1.165) is 25.7 Å². The van der Waals surface area contributed by atoms with E-state index in [0.29, 0.717) is 6.42 Å². The van der Waals surface area contributed by atoms with Crippen molar-refractivity contribution in [2.75, 3.05) is 0 Å². The maximum atomic E-state index is 12.0. The number of carboxylic acids is 1. The second-order valence-electron chi connectivity index (χ2n) is 4.48. The third kappa shape index (κ3) is 6.42. The first-order valence-corrected chi connectivity index (χ1v) is 6.71. The second kappa shape index (κ2) is 9.68. The van der Waals surface area contributed by atoms with Gasteiger partial charge in [0, 0.05) is 5.92 Å². The molecule has 0 fully saturated rings. The molecule has 0 saturated heterocycles. The van der Waals surface area contributed by atoms with Gasteiger partial charge in [0.25, 0.3) is 0 Å². The lowest BCUT2D eigenvalue weighted by Gasteiger charge is -2.18. The van der Waals surface area contributed by atoms with Crippen LogP contribution in [0.1, 0.15) is 52.9 Å². The number of hydrogen-bond acceptors (Lipinski definition) is 2. The number of allylic oxidation sites excluding steroid dienone is 1. The first-order chi connectivity index (χ1) is 8.56. The van der Waals surface area contributed by atoms with Gasteiger partial charge in [0.2, 0.25) is 5.91 Å². The zero-order valence-electron chi connectivity index (χ0n) is 11.6. The molecular formula is C14H25NO3. The summed E-state index contributed by atoms with van der Waals surface area (Å²) in [6.45, 7) is 5.90. The molecule has 4 heteroatoms. The lowest BCUT2D eigenvalue weighted by Crippen LogP contribution is -2.43. The lowest BCUT2D eigenvalue weighted by atomic mass is 9.97. The number of hydrogen-bond donors (Lipinski definition) is 2. The molecule has 0 aliphatic rings. The summed E-state index contributed by atoms with van der Waals surface area (Å²) in [4.78, 5) is 23.0. The van der Waals surface area contributed by atoms with Crippen molar-refractivity contribution in [1.29, 1.82) is 0 Å². The molecule has 0 radical (unpaired) electrons. The van der Waals surface area contributed by atoms with Gasteiger partial charge >= 0.3 is 5.97 Å². The van der Waals surface area contributed by atoms with E-state index in [1.54, 1.807) is 12.2 Å². The lowest BCUT2D eigenvalue weighted by molar-refractivity contribution is -0.142. The summed E-state index contributed by atoms with van der Waals surface area (Å²) < 4.78 is 0. The Morgan fingerprint density at radius 1 is 1.22 bits per heavy atom. The predicted molar refractivity (Wildman–Crippen MR) is 72.3 cm³/mol. The fourth-order valence-electron chi connectivity index (χ4n) is 1.89. The molecule has 0 saturated carbocycles. The van der Waals surface area contributed by atoms with Crippen LogP contribution in [0.4, 0.5) is 0 Å². The van der Waals surface area contributed by atoms with Crippen LogP contribution in [0, 0.1) is 5.92 Å². The maximum absolute atomic E-state index is 12.0. The van der Waals surface area contributed by atoms with Crippen LogP contribution < -0.4 is 5.32 Å². The van der Waals surface area contributed by atoms with Crippen molar-refractivity contribution in [2.24, 2.45) is 5.92 Å². The molecule has 0 rings (SSSR count). The Morgan fingerprint density at radius 3 is 2.17 bits per heavy atom. The first-order valence-electron chi connectivity index (χ1n) is 6.71. The van der Waals surface area contributed by atoms with E-state index in [4.69, 9.17) is 5.11 Å². The van der Waals surface area contributed by atoms with Gasteiger partial charge < -0.3 is 10.4 Å². The Morgan fingerprint density at radius 2 is 1.78 bits per heavy atom. The highest BCUT2D eigenvalue weighted by Crippen LogP contribution is 2.14. The second-order valence-corrected chi connectivity index (χ2v) is 4.48. The third-order valence-electron chi connectivity index (χ3n) is 2.87. The molecule has 0 aliphatic carbocycles. The number of nitrogens with one attached hydrogen (secondary N) is 1. The van der Waals surface area contributed by atoms with E-state index < -0.39 is 12.0 Å². The van der Waals surface area contributed by atoms with Crippen LogP contribution in [0.3, 0.4) is 0 Å². The van der Waals surface area contributed by atoms with E-state index >= 15 is 0 Å². The molecule has 1 amide bonds. The van der Waals surface area contributed by atoms with E-state index in [2.05, 4.69) is 5.32 Å². The van der Waals surface area contributed by atoms with E-state index in [-0.39, 0.29) is 11.8 Å². The van der Waals surface area contributed by atoms with Crippen molar-refractivity contribution in [3.63, 3.8) is 0 Å². The molecule has 104 valence electrons. The topological polar surface area (TPSA) is 66.4 Å². The van der Waals surface area contributed by atoms with Crippen LogP contribution in [0.5, 0.6) is 0 Å². The van der Waals surface area contributed by atoms with Crippen molar-refractivity contribution in [3.8, 4) is 0 Å². The summed E-state index contributed by atoms with van der Waals surface area (Å²) in [5.41, 5.74) is 0. The van der Waals surface area contributed by atoms with E-state index in [1.807, 2.05) is 20.8 Å². The number of amides is 1. The zero-order chi connectivity index (χ0) is 14.0. The Hall–Kier alpha value is -1.32. The Labute approximate surface area is 109 Å². The summed E-state index contributed by atoms with van der Waals surface area (Å²) in [6, 6.07) is -0.815. The summed E-state index contributed by atoms with van der Waals surface area (Å²) in [7, 11) is 0. The summed E-state index contributed by atoms with van der Waals surface area (Å²) in [6.07, 6.45) is 7.38. The highest BCUT2D eigenvalue weighted by molar-refractivity contribution is 5.85. The highest BCUT2D eigenvalue weighted by atomic mass is 16.4. The molecule has 0 bridgehead atoms. The van der Waals surface area contributed by atoms with Gasteiger partial charge in [-0.1, -0.05) is 38.8 Å². The maximum Gasteiger partial charge on any atom is 0.326 e. The molecule has 4 nitrogen and oxygen atoms in total. The highest BCUT2D eigenvalue weighted by Gasteiger charge is 2.23. The smallest absolute Gasteiger partial charge is 0.326 e. The molecule has 1 unspecified atom stereocenters. The van der Waals surface area contributed by atoms with Crippen LogP contribution in [-0.4, -0.2) is 23.0 Å². The number of aliphatic carboxylic acids is 1. The van der Waals surface area contributed by atoms with Gasteiger partial charge in [-0.2, -0.15) is 0 Å². The minimum atomic E-state index is -0.979. The number of carbonyl (C=O) groups excluding carboxylic acids is 1. The van der Waals surface area contributed by atoms with Crippen LogP contribution >= 0.6 is 0 Å². The molecule has 0 spiro atoms. The monoisotopic (exact) mass is 255 g/mol. The summed E-state index contributed by atoms with van der Waals surface area (Å²) in [5, 5.41) is 11.7. The minimum absolute atomic E-state index is 0.0625. The third-order valence-corrected chi connectivity index (χ3v) is 2.87. The van der Waals surface area contributed by atoms with Gasteiger partial charge in [0.05, 0.1) is 0 Å². The van der Waals surface area contributed by atoms with Gasteiger partial charge in [-0.05, 0) is 26.2 Å². The van der Waals surface area contributed by atoms with E-state index in [9.17, 15) is 9.59 Å². The standard InChI is InChI=1S/C14H25NO3/c1-4-7-10-12(14(17)18)15-13(16)11(8-5-2)9-6-3/h4,7,11-12H,5-6,8-10H2,1-3H3,(H,15,16)(H,17,18)/b7-4+. The largest absolute Gasteiger partial charge is 0.480 e. The number of carbonyl (C=O) groups is 2. The number of carboxylic acid groups (broad SMARTS) is 1. The molecule has 0 aliphatic heterocycles. The van der Waals surface area contributed by atoms with Crippen molar-refractivity contribution in [1.82, 2.24) is 5.32 Å². The molecule has 0 aromatic rings. The zero-order valence-corrected chi connectivity index (χ0v) is 11.6. The molecule has 0 aromatic carbocycles. The van der Waals surface area contributed by atoms with Crippen molar-refractivity contribution >= 4 is 11.9 Å². The molecule has 1 atom stereocenters. The normalized spacial score (nSPS) is 12.9. The van der Waals surface area contributed by atoms with Crippen molar-refractivity contribution < 1.29 is 14.7 Å². The molecule has 2 N–H and O–H groups in total. The van der Waals surface area contributed by atoms with Gasteiger partial charge in [0.15, 0.2) is 0 Å². The SMILES string of the molecule is C/C=C/CC(NC(=O)C(CCC)CCC)C(=O)O. The Kier molecular flexibility index (Phi) is 8.97. The molecular weight excluding hydrogens is 230 g/mol. The van der Waals surface area contributed by atoms with Gasteiger partial charge in [0.1, 0.15) is 6.04 Å². The Balaban J connectivity index is 4.49. The van der Waals surface area contributed by atoms with Crippen molar-refractivity contribution in [2.45, 2.75) is 58.9 Å². The fourth-order valence-corrected chi connectivity index (χ4v) is 1.89. The predicted octanol–water partition coefficient (Wildman–Crippen LogP) is 2.74. The average Bonchev–Trinajstić information content (AvgIpc) is 2.33. The van der Waals surface area contributed by atoms with Crippen LogP contribution in [-0.2, 0) is 9.59 Å². The summed E-state index contributed by atoms with van der Waals surface area (Å²) >= 11 is 0. The molecule has 0 aromatic heterocycles. The number of rotatable bonds is 9. The minimum Gasteiger partial charge on any atom is -0.480 e. The Bertz CT molecular complexity index is 281. The van der Waals surface area contributed by atoms with Gasteiger partial charge in [-0.15, -0.1) is 0 Å². The summed E-state index contributed by atoms with van der Waals surface area (Å²) in [5.74, 6) is -1.17. The molecule has 18 heavy (non-hydrogen) atoms.